The second-order valence-electron chi connectivity index (χ2n) is 0.594. The maximum absolute atomic E-state index is 7.72. The van der Waals surface area contributed by atoms with Gasteiger partial charge in [0.15, 0.2) is 0 Å². The third kappa shape index (κ3) is 3.51. The summed E-state index contributed by atoms with van der Waals surface area (Å²) in [6, 6.07) is 0. The molecule has 0 unspecified atom stereocenters. The molecule has 0 saturated carbocycles. The number of nitriles is 1. The second kappa shape index (κ2) is 4.51. The van der Waals surface area contributed by atoms with Gasteiger partial charge in [0, 0.05) is 12.0 Å². The van der Waals surface area contributed by atoms with E-state index in [0.29, 0.717) is 5.75 Å². The Morgan fingerprint density at radius 2 is 2.67 bits per heavy atom. The van der Waals surface area contributed by atoms with Crippen LogP contribution in [0.15, 0.2) is 4.99 Å². The number of thiol groups is 1. The SMILES string of the molecule is N#CN=CCS. The zero-order valence-electron chi connectivity index (χ0n) is 3.13. The van der Waals surface area contributed by atoms with Gasteiger partial charge in [-0.1, -0.05) is 0 Å². The first-order valence-corrected chi connectivity index (χ1v) is 2.06. The third-order valence-corrected chi connectivity index (χ3v) is 0.394. The molecule has 3 heteroatoms. The monoisotopic (exact) mass is 100 g/mol. The van der Waals surface area contributed by atoms with Crippen molar-refractivity contribution in [2.24, 2.45) is 4.99 Å². The van der Waals surface area contributed by atoms with Crippen LogP contribution < -0.4 is 0 Å². The number of aliphatic imine (C=N–C) groups is 1. The smallest absolute Gasteiger partial charge is 0.185 e. The summed E-state index contributed by atoms with van der Waals surface area (Å²) in [4.78, 5) is 3.19. The highest BCUT2D eigenvalue weighted by Gasteiger charge is 1.58. The summed E-state index contributed by atoms with van der Waals surface area (Å²) >= 11 is 3.75. The summed E-state index contributed by atoms with van der Waals surface area (Å²) in [6.07, 6.45) is 3.02. The summed E-state index contributed by atoms with van der Waals surface area (Å²) in [5.41, 5.74) is 0. The molecule has 0 bridgehead atoms. The molecular weight excluding hydrogens is 96.1 g/mol. The van der Waals surface area contributed by atoms with Crippen LogP contribution in [0, 0.1) is 11.5 Å². The van der Waals surface area contributed by atoms with Crippen LogP contribution in [0.3, 0.4) is 0 Å². The molecule has 0 fully saturated rings. The quantitative estimate of drug-likeness (QED) is 0.290. The van der Waals surface area contributed by atoms with Gasteiger partial charge in [-0.05, 0) is 0 Å². The van der Waals surface area contributed by atoms with Gasteiger partial charge in [-0.25, -0.2) is 0 Å². The van der Waals surface area contributed by atoms with Gasteiger partial charge in [-0.15, -0.1) is 0 Å². The molecule has 0 N–H and O–H groups in total. The van der Waals surface area contributed by atoms with Crippen molar-refractivity contribution in [2.75, 3.05) is 5.75 Å². The van der Waals surface area contributed by atoms with E-state index in [4.69, 9.17) is 5.26 Å². The van der Waals surface area contributed by atoms with E-state index in [9.17, 15) is 0 Å². The van der Waals surface area contributed by atoms with Crippen molar-refractivity contribution in [2.45, 2.75) is 0 Å². The van der Waals surface area contributed by atoms with Gasteiger partial charge in [0.1, 0.15) is 0 Å². The molecule has 2 nitrogen and oxygen atoms in total. The third-order valence-electron chi connectivity index (χ3n) is 0.231. The number of hydrogen-bond donors (Lipinski definition) is 1. The molecule has 0 saturated heterocycles. The lowest BCUT2D eigenvalue weighted by Gasteiger charge is -1.62. The Hall–Kier alpha value is -0.490. The van der Waals surface area contributed by atoms with E-state index >= 15 is 0 Å². The van der Waals surface area contributed by atoms with E-state index in [1.54, 1.807) is 6.19 Å². The number of nitrogens with zero attached hydrogens (tertiary/aromatic N) is 2. The molecule has 0 aliphatic carbocycles. The predicted octanol–water partition coefficient (Wildman–Crippen LogP) is 0.468. The van der Waals surface area contributed by atoms with Crippen molar-refractivity contribution < 1.29 is 0 Å². The molecule has 0 rings (SSSR count). The summed E-state index contributed by atoms with van der Waals surface area (Å²) in [6.45, 7) is 0. The van der Waals surface area contributed by atoms with Crippen LogP contribution in [-0.4, -0.2) is 12.0 Å². The van der Waals surface area contributed by atoms with E-state index in [2.05, 4.69) is 17.6 Å². The largest absolute Gasteiger partial charge is 0.205 e. The lowest BCUT2D eigenvalue weighted by Crippen LogP contribution is -1.67. The Bertz CT molecular complexity index is 81.3. The van der Waals surface area contributed by atoms with Crippen molar-refractivity contribution in [3.8, 4) is 6.19 Å². The van der Waals surface area contributed by atoms with Gasteiger partial charge >= 0.3 is 0 Å². The lowest BCUT2D eigenvalue weighted by atomic mass is 10.9. The highest BCUT2D eigenvalue weighted by Crippen LogP contribution is 1.63. The van der Waals surface area contributed by atoms with E-state index in [0.717, 1.165) is 0 Å². The van der Waals surface area contributed by atoms with E-state index in [1.165, 1.54) is 6.21 Å². The Balaban J connectivity index is 3.02. The fourth-order valence-electron chi connectivity index (χ4n) is 0.0816. The fourth-order valence-corrected chi connectivity index (χ4v) is 0.163. The minimum absolute atomic E-state index is 0.535. The average molecular weight is 100 g/mol. The maximum atomic E-state index is 7.72. The van der Waals surface area contributed by atoms with Gasteiger partial charge < -0.3 is 0 Å². The minimum Gasteiger partial charge on any atom is -0.185 e. The van der Waals surface area contributed by atoms with Crippen LogP contribution in [-0.2, 0) is 0 Å². The normalized spacial score (nSPS) is 8.67. The van der Waals surface area contributed by atoms with Crippen LogP contribution in [0.4, 0.5) is 0 Å². The van der Waals surface area contributed by atoms with Crippen LogP contribution >= 0.6 is 12.6 Å². The molecule has 0 amide bonds. The zero-order valence-corrected chi connectivity index (χ0v) is 4.02. The first-order valence-electron chi connectivity index (χ1n) is 1.43. The van der Waals surface area contributed by atoms with E-state index in [1.807, 2.05) is 0 Å². The summed E-state index contributed by atoms with van der Waals surface area (Å²) < 4.78 is 0. The van der Waals surface area contributed by atoms with Crippen molar-refractivity contribution in [3.63, 3.8) is 0 Å². The Kier molecular flexibility index (Phi) is 4.14. The topological polar surface area (TPSA) is 36.1 Å². The molecule has 32 valence electrons. The zero-order chi connectivity index (χ0) is 4.83. The predicted molar refractivity (Wildman–Crippen MR) is 28.0 cm³/mol. The summed E-state index contributed by atoms with van der Waals surface area (Å²) in [5, 5.41) is 7.72. The Labute approximate surface area is 41.9 Å². The van der Waals surface area contributed by atoms with Crippen molar-refractivity contribution in [1.82, 2.24) is 0 Å². The van der Waals surface area contributed by atoms with Crippen LogP contribution in [0.1, 0.15) is 0 Å². The minimum atomic E-state index is 0.535. The van der Waals surface area contributed by atoms with E-state index < -0.39 is 0 Å². The van der Waals surface area contributed by atoms with Crippen molar-refractivity contribution >= 4 is 18.8 Å². The summed E-state index contributed by atoms with van der Waals surface area (Å²) in [7, 11) is 0. The van der Waals surface area contributed by atoms with Crippen LogP contribution in [0.5, 0.6) is 0 Å². The first kappa shape index (κ1) is 5.51. The molecule has 0 aliphatic rings. The molecule has 0 aliphatic heterocycles. The highest BCUT2D eigenvalue weighted by atomic mass is 32.1. The van der Waals surface area contributed by atoms with Gasteiger partial charge in [-0.3, -0.25) is 0 Å². The standard InChI is InChI=1S/C3H4N2S/c4-3-5-1-2-6/h1,6H,2H2. The summed E-state index contributed by atoms with van der Waals surface area (Å²) in [5.74, 6) is 0.535. The molecule has 0 aromatic rings. The van der Waals surface area contributed by atoms with Crippen molar-refractivity contribution in [1.29, 1.82) is 5.26 Å². The maximum Gasteiger partial charge on any atom is 0.205 e. The number of hydrogen-bond acceptors (Lipinski definition) is 3. The fraction of sp³-hybridized carbons (Fsp3) is 0.333. The molecule has 6 heavy (non-hydrogen) atoms. The van der Waals surface area contributed by atoms with Crippen LogP contribution in [0.2, 0.25) is 0 Å². The van der Waals surface area contributed by atoms with Gasteiger partial charge in [0.05, 0.1) is 0 Å². The average Bonchev–Trinajstić information content (AvgIpc) is 1.61. The molecule has 0 radical (unpaired) electrons. The number of rotatable bonds is 1. The molecule has 0 heterocycles. The molecule has 0 spiro atoms. The van der Waals surface area contributed by atoms with Crippen LogP contribution in [0.25, 0.3) is 0 Å². The van der Waals surface area contributed by atoms with E-state index in [-0.39, 0.29) is 0 Å². The second-order valence-corrected chi connectivity index (χ2v) is 0.959. The molecule has 0 aromatic heterocycles. The van der Waals surface area contributed by atoms with Gasteiger partial charge in [0.25, 0.3) is 0 Å². The van der Waals surface area contributed by atoms with Gasteiger partial charge in [-0.2, -0.15) is 22.9 Å². The highest BCUT2D eigenvalue weighted by molar-refractivity contribution is 7.80. The van der Waals surface area contributed by atoms with Gasteiger partial charge in [0.2, 0.25) is 6.19 Å². The first-order chi connectivity index (χ1) is 2.91. The Morgan fingerprint density at radius 1 is 2.00 bits per heavy atom. The molecule has 0 aromatic carbocycles. The molecular formula is C3H4N2S. The lowest BCUT2D eigenvalue weighted by molar-refractivity contribution is 1.45. The van der Waals surface area contributed by atoms with Crippen molar-refractivity contribution in [3.05, 3.63) is 0 Å². The Morgan fingerprint density at radius 3 is 2.83 bits per heavy atom. The molecule has 0 atom stereocenters.